The van der Waals surface area contributed by atoms with Gasteiger partial charge in [-0.3, -0.25) is 0 Å². The molecule has 0 spiro atoms. The molecular weight excluding hydrogens is 192 g/mol. The Bertz CT molecular complexity index is 314. The topological polar surface area (TPSA) is 70.1 Å². The molecule has 1 aromatic heterocycles. The van der Waals surface area contributed by atoms with E-state index in [1.807, 2.05) is 27.0 Å². The lowest BCUT2D eigenvalue weighted by Gasteiger charge is -2.22. The number of aromatic nitrogens is 2. The Balaban J connectivity index is 2.57. The minimum Gasteiger partial charge on any atom is -0.396 e. The Morgan fingerprint density at radius 2 is 2.00 bits per heavy atom. The van der Waals surface area contributed by atoms with Crippen LogP contribution in [0.25, 0.3) is 0 Å². The molecule has 0 amide bonds. The highest BCUT2D eigenvalue weighted by atomic mass is 16.3. The van der Waals surface area contributed by atoms with Gasteiger partial charge < -0.3 is 15.7 Å². The van der Waals surface area contributed by atoms with E-state index in [-0.39, 0.29) is 12.0 Å². The number of aliphatic hydroxyl groups excluding tert-OH is 1. The predicted molar refractivity (Wildman–Crippen MR) is 60.9 cm³/mol. The maximum atomic E-state index is 9.09. The molecule has 0 aliphatic rings. The average Bonchev–Trinajstić information content (AvgIpc) is 2.27. The van der Waals surface area contributed by atoms with Crippen LogP contribution in [0.2, 0.25) is 0 Å². The molecule has 0 atom stereocenters. The van der Waals surface area contributed by atoms with Gasteiger partial charge in [-0.05, 0) is 0 Å². The molecule has 3 N–H and O–H groups in total. The largest absolute Gasteiger partial charge is 0.396 e. The van der Waals surface area contributed by atoms with Crippen LogP contribution in [-0.4, -0.2) is 35.3 Å². The summed E-state index contributed by atoms with van der Waals surface area (Å²) in [6.07, 6.45) is 1.50. The zero-order valence-corrected chi connectivity index (χ0v) is 9.41. The molecule has 0 radical (unpaired) electrons. The van der Waals surface area contributed by atoms with Gasteiger partial charge in [0, 0.05) is 31.7 Å². The molecule has 0 saturated carbocycles. The summed E-state index contributed by atoms with van der Waals surface area (Å²) in [6.45, 7) is 4.79. The van der Waals surface area contributed by atoms with Crippen LogP contribution in [0, 0.1) is 5.41 Å². The summed E-state index contributed by atoms with van der Waals surface area (Å²) in [7, 11) is 1.81. The first-order chi connectivity index (χ1) is 7.07. The second-order valence-corrected chi connectivity index (χ2v) is 4.21. The highest BCUT2D eigenvalue weighted by Crippen LogP contribution is 2.15. The van der Waals surface area contributed by atoms with Crippen LogP contribution in [0.3, 0.4) is 0 Å². The fourth-order valence-electron chi connectivity index (χ4n) is 0.976. The summed E-state index contributed by atoms with van der Waals surface area (Å²) in [6, 6.07) is 1.83. The van der Waals surface area contributed by atoms with Gasteiger partial charge in [-0.1, -0.05) is 13.8 Å². The Kier molecular flexibility index (Phi) is 3.85. The van der Waals surface area contributed by atoms with E-state index >= 15 is 0 Å². The van der Waals surface area contributed by atoms with Crippen LogP contribution in [0.4, 0.5) is 11.6 Å². The van der Waals surface area contributed by atoms with E-state index in [2.05, 4.69) is 20.6 Å². The third-order valence-corrected chi connectivity index (χ3v) is 2.10. The standard InChI is InChI=1S/C10H18N4O/c1-10(2,6-15)5-12-9-4-8(11-3)13-7-14-9/h4,7,15H,5-6H2,1-3H3,(H2,11,12,13,14). The number of hydrogen-bond acceptors (Lipinski definition) is 5. The van der Waals surface area contributed by atoms with Crippen LogP contribution < -0.4 is 10.6 Å². The first-order valence-corrected chi connectivity index (χ1v) is 4.92. The van der Waals surface area contributed by atoms with Crippen LogP contribution in [0.15, 0.2) is 12.4 Å². The monoisotopic (exact) mass is 210 g/mol. The van der Waals surface area contributed by atoms with Crippen molar-refractivity contribution in [1.29, 1.82) is 0 Å². The second-order valence-electron chi connectivity index (χ2n) is 4.21. The quantitative estimate of drug-likeness (QED) is 0.675. The van der Waals surface area contributed by atoms with E-state index in [4.69, 9.17) is 5.11 Å². The molecule has 1 aromatic rings. The van der Waals surface area contributed by atoms with E-state index in [1.54, 1.807) is 0 Å². The predicted octanol–water partition coefficient (Wildman–Crippen LogP) is 0.949. The number of rotatable bonds is 5. The van der Waals surface area contributed by atoms with Crippen molar-refractivity contribution in [3.8, 4) is 0 Å². The SMILES string of the molecule is CNc1cc(NCC(C)(C)CO)ncn1. The molecule has 5 heteroatoms. The number of aliphatic hydroxyl groups is 1. The lowest BCUT2D eigenvalue weighted by atomic mass is 9.95. The molecule has 0 bridgehead atoms. The Hall–Kier alpha value is -1.36. The molecule has 0 fully saturated rings. The molecule has 0 aliphatic carbocycles. The molecule has 5 nitrogen and oxygen atoms in total. The van der Waals surface area contributed by atoms with Crippen molar-refractivity contribution in [3.63, 3.8) is 0 Å². The lowest BCUT2D eigenvalue weighted by Crippen LogP contribution is -2.27. The smallest absolute Gasteiger partial charge is 0.131 e. The maximum Gasteiger partial charge on any atom is 0.131 e. The van der Waals surface area contributed by atoms with Crippen LogP contribution in [0.5, 0.6) is 0 Å². The van der Waals surface area contributed by atoms with E-state index in [0.29, 0.717) is 6.54 Å². The number of nitrogens with one attached hydrogen (secondary N) is 2. The summed E-state index contributed by atoms with van der Waals surface area (Å²) >= 11 is 0. The summed E-state index contributed by atoms with van der Waals surface area (Å²) in [5.74, 6) is 1.53. The molecule has 15 heavy (non-hydrogen) atoms. The first kappa shape index (κ1) is 11.7. The first-order valence-electron chi connectivity index (χ1n) is 4.92. The third kappa shape index (κ3) is 3.71. The number of anilines is 2. The van der Waals surface area contributed by atoms with E-state index in [1.165, 1.54) is 6.33 Å². The normalized spacial score (nSPS) is 11.2. The fourth-order valence-corrected chi connectivity index (χ4v) is 0.976. The van der Waals surface area contributed by atoms with Gasteiger partial charge in [0.05, 0.1) is 0 Å². The van der Waals surface area contributed by atoms with Gasteiger partial charge in [-0.2, -0.15) is 0 Å². The van der Waals surface area contributed by atoms with Crippen LogP contribution in [0.1, 0.15) is 13.8 Å². The van der Waals surface area contributed by atoms with Crippen molar-refractivity contribution in [2.45, 2.75) is 13.8 Å². The van der Waals surface area contributed by atoms with E-state index in [0.717, 1.165) is 11.6 Å². The highest BCUT2D eigenvalue weighted by molar-refractivity contribution is 5.45. The third-order valence-electron chi connectivity index (χ3n) is 2.10. The molecule has 1 heterocycles. The summed E-state index contributed by atoms with van der Waals surface area (Å²) < 4.78 is 0. The summed E-state index contributed by atoms with van der Waals surface area (Å²) in [5.41, 5.74) is -0.148. The molecule has 0 aromatic carbocycles. The maximum absolute atomic E-state index is 9.09. The van der Waals surface area contributed by atoms with Crippen molar-refractivity contribution in [2.24, 2.45) is 5.41 Å². The lowest BCUT2D eigenvalue weighted by molar-refractivity contribution is 0.170. The highest BCUT2D eigenvalue weighted by Gasteiger charge is 2.15. The van der Waals surface area contributed by atoms with Crippen LogP contribution in [-0.2, 0) is 0 Å². The number of hydrogen-bond donors (Lipinski definition) is 3. The molecular formula is C10H18N4O. The van der Waals surface area contributed by atoms with Gasteiger partial charge in [0.25, 0.3) is 0 Å². The van der Waals surface area contributed by atoms with Gasteiger partial charge >= 0.3 is 0 Å². The minimum atomic E-state index is -0.148. The van der Waals surface area contributed by atoms with Gasteiger partial charge in [0.15, 0.2) is 0 Å². The second kappa shape index (κ2) is 4.93. The minimum absolute atomic E-state index is 0.143. The van der Waals surface area contributed by atoms with Crippen molar-refractivity contribution in [2.75, 3.05) is 30.8 Å². The average molecular weight is 210 g/mol. The van der Waals surface area contributed by atoms with Gasteiger partial charge in [-0.15, -0.1) is 0 Å². The number of nitrogens with zero attached hydrogens (tertiary/aromatic N) is 2. The summed E-state index contributed by atoms with van der Waals surface area (Å²) in [4.78, 5) is 8.09. The van der Waals surface area contributed by atoms with Gasteiger partial charge in [0.1, 0.15) is 18.0 Å². The van der Waals surface area contributed by atoms with Crippen LogP contribution >= 0.6 is 0 Å². The fraction of sp³-hybridized carbons (Fsp3) is 0.600. The molecule has 1 rings (SSSR count). The molecule has 0 aliphatic heterocycles. The van der Waals surface area contributed by atoms with Crippen molar-refractivity contribution < 1.29 is 5.11 Å². The van der Waals surface area contributed by atoms with E-state index < -0.39 is 0 Å². The summed E-state index contributed by atoms with van der Waals surface area (Å²) in [5, 5.41) is 15.2. The Morgan fingerprint density at radius 1 is 1.33 bits per heavy atom. The molecule has 84 valence electrons. The van der Waals surface area contributed by atoms with Crippen molar-refractivity contribution >= 4 is 11.6 Å². The van der Waals surface area contributed by atoms with Gasteiger partial charge in [0.2, 0.25) is 0 Å². The zero-order chi connectivity index (χ0) is 11.3. The van der Waals surface area contributed by atoms with Crippen molar-refractivity contribution in [1.82, 2.24) is 9.97 Å². The molecule has 0 saturated heterocycles. The van der Waals surface area contributed by atoms with Gasteiger partial charge in [-0.25, -0.2) is 9.97 Å². The molecule has 0 unspecified atom stereocenters. The van der Waals surface area contributed by atoms with Crippen molar-refractivity contribution in [3.05, 3.63) is 12.4 Å². The Morgan fingerprint density at radius 3 is 2.60 bits per heavy atom. The van der Waals surface area contributed by atoms with E-state index in [9.17, 15) is 0 Å². The zero-order valence-electron chi connectivity index (χ0n) is 9.41. The Labute approximate surface area is 90.0 Å².